The van der Waals surface area contributed by atoms with Gasteiger partial charge in [-0.15, -0.1) is 0 Å². The van der Waals surface area contributed by atoms with Crippen LogP contribution in [0.1, 0.15) is 45.4 Å². The average molecular weight is 320 g/mol. The quantitative estimate of drug-likeness (QED) is 0.539. The van der Waals surface area contributed by atoms with Gasteiger partial charge in [0.05, 0.1) is 23.2 Å². The Bertz CT molecular complexity index is 610. The Kier molecular flexibility index (Phi) is 3.15. The van der Waals surface area contributed by atoms with E-state index in [4.69, 9.17) is 9.47 Å². The molecule has 4 rings (SSSR count). The third-order valence-electron chi connectivity index (χ3n) is 6.55. The zero-order valence-corrected chi connectivity index (χ0v) is 13.1. The van der Waals surface area contributed by atoms with E-state index in [0.717, 1.165) is 6.42 Å². The van der Waals surface area contributed by atoms with Crippen LogP contribution in [0.4, 0.5) is 0 Å². The number of carbonyl (C=O) groups is 4. The van der Waals surface area contributed by atoms with Gasteiger partial charge < -0.3 is 9.47 Å². The fourth-order valence-corrected chi connectivity index (χ4v) is 5.29. The number of hydrogen-bond acceptors (Lipinski definition) is 6. The molecule has 2 aliphatic carbocycles. The van der Waals surface area contributed by atoms with E-state index in [1.165, 1.54) is 0 Å². The first-order chi connectivity index (χ1) is 10.9. The summed E-state index contributed by atoms with van der Waals surface area (Å²) in [5, 5.41) is 0. The number of hydrogen-bond donors (Lipinski definition) is 0. The van der Waals surface area contributed by atoms with Gasteiger partial charge in [0.15, 0.2) is 0 Å². The fraction of sp³-hybridized carbons (Fsp3) is 0.765. The number of carbonyl (C=O) groups excluding carboxylic acids is 4. The molecular weight excluding hydrogens is 300 g/mol. The molecule has 2 heterocycles. The molecule has 0 aromatic carbocycles. The Hall–Kier alpha value is -1.72. The fourth-order valence-electron chi connectivity index (χ4n) is 5.29. The van der Waals surface area contributed by atoms with E-state index in [9.17, 15) is 19.2 Å². The van der Waals surface area contributed by atoms with Gasteiger partial charge in [0.25, 0.3) is 0 Å². The molecule has 6 heteroatoms. The lowest BCUT2D eigenvalue weighted by Gasteiger charge is -2.45. The van der Waals surface area contributed by atoms with Crippen LogP contribution in [0.5, 0.6) is 0 Å². The van der Waals surface area contributed by atoms with Crippen molar-refractivity contribution in [1.82, 2.24) is 0 Å². The largest absolute Gasteiger partial charge is 0.393 e. The second kappa shape index (κ2) is 4.89. The Morgan fingerprint density at radius 1 is 0.870 bits per heavy atom. The molecule has 4 aliphatic rings. The minimum atomic E-state index is -0.791. The van der Waals surface area contributed by atoms with Crippen LogP contribution >= 0.6 is 0 Å². The van der Waals surface area contributed by atoms with Crippen LogP contribution < -0.4 is 0 Å². The Balaban J connectivity index is 1.66. The molecule has 0 amide bonds. The summed E-state index contributed by atoms with van der Waals surface area (Å²) in [6.45, 7) is 2.09. The van der Waals surface area contributed by atoms with Crippen LogP contribution in [-0.4, -0.2) is 23.9 Å². The van der Waals surface area contributed by atoms with Gasteiger partial charge in [0.1, 0.15) is 0 Å². The van der Waals surface area contributed by atoms with Gasteiger partial charge in [0, 0.05) is 0 Å². The van der Waals surface area contributed by atoms with E-state index in [1.807, 2.05) is 0 Å². The van der Waals surface area contributed by atoms with Crippen LogP contribution in [0.15, 0.2) is 0 Å². The lowest BCUT2D eigenvalue weighted by molar-refractivity contribution is -0.158. The van der Waals surface area contributed by atoms with Crippen molar-refractivity contribution in [3.05, 3.63) is 0 Å². The molecule has 0 aromatic rings. The summed E-state index contributed by atoms with van der Waals surface area (Å²) >= 11 is 0. The van der Waals surface area contributed by atoms with Crippen molar-refractivity contribution in [1.29, 1.82) is 0 Å². The van der Waals surface area contributed by atoms with Crippen molar-refractivity contribution in [3.8, 4) is 0 Å². The van der Waals surface area contributed by atoms with Crippen LogP contribution in [0.3, 0.4) is 0 Å². The first-order valence-corrected chi connectivity index (χ1v) is 8.45. The minimum Gasteiger partial charge on any atom is -0.393 e. The van der Waals surface area contributed by atoms with Crippen molar-refractivity contribution in [2.45, 2.75) is 45.4 Å². The second-order valence-electron chi connectivity index (χ2n) is 7.64. The van der Waals surface area contributed by atoms with Crippen molar-refractivity contribution in [3.63, 3.8) is 0 Å². The predicted octanol–water partition coefficient (Wildman–Crippen LogP) is 1.61. The molecule has 0 aromatic heterocycles. The summed E-state index contributed by atoms with van der Waals surface area (Å²) in [5.74, 6) is -2.65. The van der Waals surface area contributed by atoms with Gasteiger partial charge >= 0.3 is 23.9 Å². The van der Waals surface area contributed by atoms with Crippen molar-refractivity contribution >= 4 is 23.9 Å². The van der Waals surface area contributed by atoms with Gasteiger partial charge in [-0.1, -0.05) is 6.92 Å². The second-order valence-corrected chi connectivity index (χ2v) is 7.64. The maximum absolute atomic E-state index is 12.6. The van der Waals surface area contributed by atoms with Crippen LogP contribution in [0.2, 0.25) is 0 Å². The summed E-state index contributed by atoms with van der Waals surface area (Å²) in [5.41, 5.74) is -0.791. The smallest absolute Gasteiger partial charge is 0.320 e. The molecule has 0 N–H and O–H groups in total. The maximum Gasteiger partial charge on any atom is 0.320 e. The summed E-state index contributed by atoms with van der Waals surface area (Å²) in [6.07, 6.45) is 3.84. The summed E-state index contributed by atoms with van der Waals surface area (Å²) in [4.78, 5) is 48.3. The van der Waals surface area contributed by atoms with E-state index < -0.39 is 41.1 Å². The Morgan fingerprint density at radius 2 is 1.61 bits per heavy atom. The van der Waals surface area contributed by atoms with Crippen molar-refractivity contribution in [2.24, 2.45) is 35.0 Å². The summed E-state index contributed by atoms with van der Waals surface area (Å²) in [7, 11) is 0. The zero-order valence-electron chi connectivity index (χ0n) is 13.1. The van der Waals surface area contributed by atoms with Gasteiger partial charge in [0.2, 0.25) is 0 Å². The van der Waals surface area contributed by atoms with Gasteiger partial charge in [-0.3, -0.25) is 19.2 Å². The normalized spacial score (nSPS) is 46.2. The van der Waals surface area contributed by atoms with Crippen molar-refractivity contribution in [2.75, 3.05) is 0 Å². The SMILES string of the molecule is CC1CCC2(C3CCC4C(=O)OC(=O)C4C3)C(=O)OC(=O)C2C1. The number of cyclic esters (lactones) is 4. The van der Waals surface area contributed by atoms with Crippen LogP contribution in [-0.2, 0) is 28.7 Å². The van der Waals surface area contributed by atoms with E-state index >= 15 is 0 Å². The first kappa shape index (κ1) is 14.8. The molecule has 0 radical (unpaired) electrons. The van der Waals surface area contributed by atoms with E-state index in [0.29, 0.717) is 38.0 Å². The molecular formula is C17H20O6. The molecule has 0 bridgehead atoms. The monoisotopic (exact) mass is 320 g/mol. The molecule has 6 atom stereocenters. The highest BCUT2D eigenvalue weighted by Gasteiger charge is 2.64. The van der Waals surface area contributed by atoms with Crippen molar-refractivity contribution < 1.29 is 28.7 Å². The lowest BCUT2D eigenvalue weighted by atomic mass is 9.54. The molecule has 2 aliphatic heterocycles. The predicted molar refractivity (Wildman–Crippen MR) is 75.5 cm³/mol. The van der Waals surface area contributed by atoms with E-state index in [-0.39, 0.29) is 11.8 Å². The highest BCUT2D eigenvalue weighted by atomic mass is 16.6. The molecule has 6 nitrogen and oxygen atoms in total. The minimum absolute atomic E-state index is 0.0846. The molecule has 124 valence electrons. The molecule has 0 spiro atoms. The van der Waals surface area contributed by atoms with Gasteiger partial charge in [-0.25, -0.2) is 0 Å². The Morgan fingerprint density at radius 3 is 2.39 bits per heavy atom. The highest BCUT2D eigenvalue weighted by Crippen LogP contribution is 2.58. The number of rotatable bonds is 1. The molecule has 2 saturated carbocycles. The highest BCUT2D eigenvalue weighted by molar-refractivity contribution is 6.00. The molecule has 4 fully saturated rings. The zero-order chi connectivity index (χ0) is 16.4. The lowest BCUT2D eigenvalue weighted by Crippen LogP contribution is -2.47. The summed E-state index contributed by atoms with van der Waals surface area (Å²) in [6, 6.07) is 0. The van der Waals surface area contributed by atoms with Gasteiger partial charge in [-0.05, 0) is 50.4 Å². The third kappa shape index (κ3) is 1.93. The Labute approximate surface area is 133 Å². The topological polar surface area (TPSA) is 86.7 Å². The first-order valence-electron chi connectivity index (χ1n) is 8.45. The van der Waals surface area contributed by atoms with Crippen LogP contribution in [0, 0.1) is 35.0 Å². The number of fused-ring (bicyclic) bond motifs is 2. The third-order valence-corrected chi connectivity index (χ3v) is 6.55. The standard InChI is InChI=1S/C17H20O6/c1-8-4-5-17(12(6-8)15(20)23-16(17)21)9-2-3-10-11(7-9)14(19)22-13(10)18/h8-12H,2-7H2,1H3. The molecule has 6 unspecified atom stereocenters. The molecule has 2 saturated heterocycles. The van der Waals surface area contributed by atoms with E-state index in [1.54, 1.807) is 0 Å². The van der Waals surface area contributed by atoms with Gasteiger partial charge in [-0.2, -0.15) is 0 Å². The van der Waals surface area contributed by atoms with Crippen LogP contribution in [0.25, 0.3) is 0 Å². The molecule has 23 heavy (non-hydrogen) atoms. The maximum atomic E-state index is 12.6. The summed E-state index contributed by atoms with van der Waals surface area (Å²) < 4.78 is 9.77. The number of esters is 4. The average Bonchev–Trinajstić information content (AvgIpc) is 2.94. The van der Waals surface area contributed by atoms with E-state index in [2.05, 4.69) is 6.92 Å². The number of ether oxygens (including phenoxy) is 2.